The zero-order valence-electron chi connectivity index (χ0n) is 13.0. The van der Waals surface area contributed by atoms with Crippen molar-refractivity contribution in [1.82, 2.24) is 0 Å². The Bertz CT molecular complexity index is 994. The molecule has 0 atom stereocenters. The molecule has 2 aliphatic rings. The predicted molar refractivity (Wildman–Crippen MR) is 92.0 cm³/mol. The van der Waals surface area contributed by atoms with Gasteiger partial charge >= 0.3 is 37.7 Å². The minimum Gasteiger partial charge on any atom is -0.537 e. The van der Waals surface area contributed by atoms with Gasteiger partial charge in [-0.05, 0) is 12.1 Å². The monoisotopic (exact) mass is 422 g/mol. The maximum absolute atomic E-state index is 11.1. The summed E-state index contributed by atoms with van der Waals surface area (Å²) in [6.07, 6.45) is 0. The quantitative estimate of drug-likeness (QED) is 0.564. The normalized spacial score (nSPS) is 17.1. The fourth-order valence-corrected chi connectivity index (χ4v) is 4.35. The van der Waals surface area contributed by atoms with Gasteiger partial charge in [0.25, 0.3) is 0 Å². The second-order valence-electron chi connectivity index (χ2n) is 4.74. The molecule has 2 aromatic carbocycles. The maximum Gasteiger partial charge on any atom is 2.00 e. The Morgan fingerprint density at radius 3 is 1.23 bits per heavy atom. The molecule has 9 nitrogen and oxygen atoms in total. The SMILES string of the molecule is O.O=C1[N-]S(=O)(=O)c2ccccc21.O=C1[N-]S(=O)(=O)c2ccccc21.[Ca+2]. The van der Waals surface area contributed by atoms with Gasteiger partial charge in [-0.1, -0.05) is 36.4 Å². The summed E-state index contributed by atoms with van der Waals surface area (Å²) in [5.41, 5.74) is 0.329. The summed E-state index contributed by atoms with van der Waals surface area (Å²) in [6, 6.07) is 12.0. The summed E-state index contributed by atoms with van der Waals surface area (Å²) < 4.78 is 50.3. The fraction of sp³-hybridized carbons (Fsp3) is 0. The van der Waals surface area contributed by atoms with Gasteiger partial charge in [-0.15, -0.1) is 0 Å². The molecule has 0 saturated heterocycles. The molecule has 0 aliphatic carbocycles. The molecule has 0 aromatic heterocycles. The molecule has 0 spiro atoms. The second kappa shape index (κ2) is 8.03. The minimum absolute atomic E-state index is 0. The smallest absolute Gasteiger partial charge is 0.537 e. The molecule has 0 fully saturated rings. The number of hydrogen-bond donors (Lipinski definition) is 0. The Morgan fingerprint density at radius 2 is 0.923 bits per heavy atom. The number of carbonyl (C=O) groups is 2. The van der Waals surface area contributed by atoms with E-state index < -0.39 is 31.9 Å². The van der Waals surface area contributed by atoms with Gasteiger partial charge in [0.15, 0.2) is 0 Å². The van der Waals surface area contributed by atoms with E-state index in [0.717, 1.165) is 0 Å². The largest absolute Gasteiger partial charge is 2.00 e. The van der Waals surface area contributed by atoms with Crippen molar-refractivity contribution in [2.75, 3.05) is 0 Å². The first-order chi connectivity index (χ1) is 11.2. The molecule has 26 heavy (non-hydrogen) atoms. The van der Waals surface area contributed by atoms with Crippen LogP contribution in [0.25, 0.3) is 9.44 Å². The first-order valence-corrected chi connectivity index (χ1v) is 9.33. The third-order valence-electron chi connectivity index (χ3n) is 3.20. The molecule has 4 rings (SSSR count). The van der Waals surface area contributed by atoms with E-state index in [-0.39, 0.29) is 64.1 Å². The Hall–Kier alpha value is -1.50. The summed E-state index contributed by atoms with van der Waals surface area (Å²) in [7, 11) is -7.36. The topological polar surface area (TPSA) is 162 Å². The van der Waals surface area contributed by atoms with Gasteiger partial charge in [-0.2, -0.15) is 0 Å². The van der Waals surface area contributed by atoms with E-state index in [0.29, 0.717) is 0 Å². The van der Waals surface area contributed by atoms with Crippen molar-refractivity contribution >= 4 is 69.6 Å². The van der Waals surface area contributed by atoms with Crippen LogP contribution >= 0.6 is 0 Å². The number of nitrogens with zero attached hydrogens (tertiary/aromatic N) is 2. The van der Waals surface area contributed by atoms with Gasteiger partial charge in [-0.25, -0.2) is 16.8 Å². The van der Waals surface area contributed by atoms with Crippen molar-refractivity contribution in [2.45, 2.75) is 9.79 Å². The van der Waals surface area contributed by atoms with E-state index in [4.69, 9.17) is 0 Å². The Kier molecular flexibility index (Phi) is 6.96. The average Bonchev–Trinajstić information content (AvgIpc) is 2.91. The van der Waals surface area contributed by atoms with Crippen LogP contribution in [0, 0.1) is 0 Å². The molecule has 0 radical (unpaired) electrons. The number of fused-ring (bicyclic) bond motifs is 2. The minimum atomic E-state index is -3.68. The summed E-state index contributed by atoms with van der Waals surface area (Å²) in [5, 5.41) is 0. The summed E-state index contributed by atoms with van der Waals surface area (Å²) in [5.74, 6) is -1.35. The van der Waals surface area contributed by atoms with Crippen LogP contribution in [0.2, 0.25) is 0 Å². The van der Waals surface area contributed by atoms with Crippen molar-refractivity contribution in [1.29, 1.82) is 0 Å². The van der Waals surface area contributed by atoms with Gasteiger partial charge in [0.2, 0.25) is 0 Å². The van der Waals surface area contributed by atoms with Crippen LogP contribution in [-0.2, 0) is 20.0 Å². The number of carbonyl (C=O) groups excluding carboxylic acids is 2. The van der Waals surface area contributed by atoms with Crippen LogP contribution in [-0.4, -0.2) is 71.9 Å². The van der Waals surface area contributed by atoms with Gasteiger partial charge in [0.05, 0.1) is 21.6 Å². The van der Waals surface area contributed by atoms with E-state index >= 15 is 0 Å². The Balaban J connectivity index is 0.000000241. The van der Waals surface area contributed by atoms with Crippen molar-refractivity contribution < 1.29 is 31.9 Å². The molecule has 12 heteroatoms. The van der Waals surface area contributed by atoms with Gasteiger partial charge in [0, 0.05) is 11.1 Å². The van der Waals surface area contributed by atoms with E-state index in [9.17, 15) is 26.4 Å². The van der Waals surface area contributed by atoms with Gasteiger partial charge in [-0.3, -0.25) is 0 Å². The Labute approximate surface area is 179 Å². The molecule has 2 amide bonds. The summed E-state index contributed by atoms with van der Waals surface area (Å²) in [4.78, 5) is 21.9. The van der Waals surface area contributed by atoms with Crippen LogP contribution in [0.15, 0.2) is 58.3 Å². The van der Waals surface area contributed by atoms with Crippen LogP contribution in [0.1, 0.15) is 20.7 Å². The first kappa shape index (κ1) is 22.5. The molecule has 0 unspecified atom stereocenters. The zero-order valence-corrected chi connectivity index (χ0v) is 16.8. The van der Waals surface area contributed by atoms with E-state index in [2.05, 4.69) is 9.44 Å². The standard InChI is InChI=1S/2C7H5NO3S.Ca.H2O/c2*9-7-5-3-1-2-4-6(5)12(10,11)8-7;;/h2*1-4H,(H,8,9);;1H2/q;;+2;/p-2. The number of rotatable bonds is 0. The van der Waals surface area contributed by atoms with Crippen molar-refractivity contribution in [3.63, 3.8) is 0 Å². The molecule has 0 saturated carbocycles. The van der Waals surface area contributed by atoms with Crippen molar-refractivity contribution in [2.24, 2.45) is 0 Å². The fourth-order valence-electron chi connectivity index (χ4n) is 2.15. The van der Waals surface area contributed by atoms with Crippen molar-refractivity contribution in [3.05, 3.63) is 69.1 Å². The molecule has 2 aromatic rings. The Morgan fingerprint density at radius 1 is 0.615 bits per heavy atom. The molecular weight excluding hydrogens is 412 g/mol. The number of benzene rings is 2. The predicted octanol–water partition coefficient (Wildman–Crippen LogP) is 0.600. The van der Waals surface area contributed by atoms with E-state index in [1.807, 2.05) is 0 Å². The van der Waals surface area contributed by atoms with Gasteiger partial charge < -0.3 is 24.5 Å². The maximum atomic E-state index is 11.1. The number of amides is 2. The van der Waals surface area contributed by atoms with Crippen LogP contribution in [0.3, 0.4) is 0 Å². The molecule has 2 N–H and O–H groups in total. The average molecular weight is 422 g/mol. The number of sulfonamides is 2. The molecule has 132 valence electrons. The summed E-state index contributed by atoms with van der Waals surface area (Å²) >= 11 is 0. The summed E-state index contributed by atoms with van der Waals surface area (Å²) in [6.45, 7) is 0. The second-order valence-corrected chi connectivity index (χ2v) is 7.88. The first-order valence-electron chi connectivity index (χ1n) is 6.45. The molecule has 2 heterocycles. The molecular formula is C14H10CaN2O7S2. The van der Waals surface area contributed by atoms with E-state index in [1.54, 1.807) is 24.3 Å². The van der Waals surface area contributed by atoms with E-state index in [1.165, 1.54) is 24.3 Å². The molecule has 0 bridgehead atoms. The van der Waals surface area contributed by atoms with Crippen LogP contribution in [0.4, 0.5) is 0 Å². The number of hydrogen-bond acceptors (Lipinski definition) is 6. The zero-order chi connectivity index (χ0) is 17.5. The van der Waals surface area contributed by atoms with Crippen LogP contribution < -0.4 is 0 Å². The van der Waals surface area contributed by atoms with Crippen LogP contribution in [0.5, 0.6) is 0 Å². The molecule has 2 aliphatic heterocycles. The van der Waals surface area contributed by atoms with Gasteiger partial charge in [0.1, 0.15) is 20.0 Å². The third kappa shape index (κ3) is 4.08. The van der Waals surface area contributed by atoms with Crippen molar-refractivity contribution in [3.8, 4) is 0 Å². The third-order valence-corrected chi connectivity index (χ3v) is 5.83.